The van der Waals surface area contributed by atoms with Crippen LogP contribution in [0.15, 0.2) is 12.2 Å². The first-order valence-corrected chi connectivity index (χ1v) is 12.2. The summed E-state index contributed by atoms with van der Waals surface area (Å²) in [6, 6.07) is -0.885. The van der Waals surface area contributed by atoms with Crippen molar-refractivity contribution in [3.05, 3.63) is 12.2 Å². The van der Waals surface area contributed by atoms with E-state index in [2.05, 4.69) is 29.7 Å². The van der Waals surface area contributed by atoms with Gasteiger partial charge in [0.15, 0.2) is 5.96 Å². The quantitative estimate of drug-likeness (QED) is 0.0757. The molecule has 0 aromatic rings. The van der Waals surface area contributed by atoms with E-state index in [1.165, 1.54) is 57.8 Å². The Balaban J connectivity index is 3.59. The van der Waals surface area contributed by atoms with Gasteiger partial charge in [-0.1, -0.05) is 70.4 Å². The minimum absolute atomic E-state index is 0.139. The second kappa shape index (κ2) is 21.2. The van der Waals surface area contributed by atoms with Gasteiger partial charge in [0.05, 0.1) is 0 Å². The predicted molar refractivity (Wildman–Crippen MR) is 128 cm³/mol. The number of hydrogen-bond acceptors (Lipinski definition) is 3. The lowest BCUT2D eigenvalue weighted by Crippen LogP contribution is -2.41. The third-order valence-electron chi connectivity index (χ3n) is 5.28. The molecule has 0 aliphatic heterocycles. The fourth-order valence-electron chi connectivity index (χ4n) is 3.41. The first-order valence-electron chi connectivity index (χ1n) is 12.2. The first kappa shape index (κ1) is 28.9. The van der Waals surface area contributed by atoms with E-state index < -0.39 is 12.0 Å². The maximum atomic E-state index is 12.0. The summed E-state index contributed by atoms with van der Waals surface area (Å²) in [5.74, 6) is -1.37. The number of aliphatic carboxylic acids is 1. The number of allylic oxidation sites excluding steroid dienone is 2. The Morgan fingerprint density at radius 1 is 0.903 bits per heavy atom. The van der Waals surface area contributed by atoms with E-state index in [1.54, 1.807) is 0 Å². The van der Waals surface area contributed by atoms with Gasteiger partial charge in [0.1, 0.15) is 6.04 Å². The van der Waals surface area contributed by atoms with E-state index in [9.17, 15) is 14.7 Å². The summed E-state index contributed by atoms with van der Waals surface area (Å²) in [5, 5.41) is 21.5. The maximum Gasteiger partial charge on any atom is 0.326 e. The van der Waals surface area contributed by atoms with Gasteiger partial charge in [0.25, 0.3) is 0 Å². The number of rotatable bonds is 21. The lowest BCUT2D eigenvalue weighted by atomic mass is 10.1. The fourth-order valence-corrected chi connectivity index (χ4v) is 3.41. The van der Waals surface area contributed by atoms with E-state index in [-0.39, 0.29) is 11.9 Å². The summed E-state index contributed by atoms with van der Waals surface area (Å²) in [5.41, 5.74) is 5.18. The number of carboxylic acid groups (broad SMARTS) is 1. The molecule has 6 N–H and O–H groups in total. The van der Waals surface area contributed by atoms with Crippen LogP contribution in [0.4, 0.5) is 0 Å². The van der Waals surface area contributed by atoms with Crippen molar-refractivity contribution < 1.29 is 14.7 Å². The summed E-state index contributed by atoms with van der Waals surface area (Å²) >= 11 is 0. The van der Waals surface area contributed by atoms with Crippen LogP contribution in [-0.2, 0) is 9.59 Å². The lowest BCUT2D eigenvalue weighted by Gasteiger charge is -2.14. The molecule has 31 heavy (non-hydrogen) atoms. The molecular weight excluding hydrogens is 392 g/mol. The van der Waals surface area contributed by atoms with Gasteiger partial charge >= 0.3 is 5.97 Å². The SMILES string of the molecule is CCCCCCCC/C=C\CCCCCCCC(=O)N[C@H](CCCNC(=N)N)C(=O)O. The Hall–Kier alpha value is -2.05. The van der Waals surface area contributed by atoms with Crippen LogP contribution in [-0.4, -0.2) is 35.5 Å². The molecule has 0 aromatic carbocycles. The number of carbonyl (C=O) groups excluding carboxylic acids is 1. The number of carbonyl (C=O) groups is 2. The van der Waals surface area contributed by atoms with Crippen molar-refractivity contribution >= 4 is 17.8 Å². The molecule has 0 fully saturated rings. The van der Waals surface area contributed by atoms with Crippen LogP contribution in [0.5, 0.6) is 0 Å². The fraction of sp³-hybridized carbons (Fsp3) is 0.792. The summed E-state index contributed by atoms with van der Waals surface area (Å²) < 4.78 is 0. The highest BCUT2D eigenvalue weighted by atomic mass is 16.4. The van der Waals surface area contributed by atoms with Crippen LogP contribution < -0.4 is 16.4 Å². The van der Waals surface area contributed by atoms with Crippen molar-refractivity contribution in [3.8, 4) is 0 Å². The molecule has 0 unspecified atom stereocenters. The number of carboxylic acids is 1. The maximum absolute atomic E-state index is 12.0. The third-order valence-corrected chi connectivity index (χ3v) is 5.28. The number of nitrogens with one attached hydrogen (secondary N) is 3. The number of hydrogen-bond donors (Lipinski definition) is 5. The normalized spacial score (nSPS) is 12.0. The van der Waals surface area contributed by atoms with Gasteiger partial charge in [0, 0.05) is 13.0 Å². The van der Waals surface area contributed by atoms with E-state index in [0.29, 0.717) is 25.8 Å². The van der Waals surface area contributed by atoms with E-state index in [1.807, 2.05) is 0 Å². The molecular formula is C24H46N4O3. The molecule has 0 rings (SSSR count). The lowest BCUT2D eigenvalue weighted by molar-refractivity contribution is -0.142. The average Bonchev–Trinajstić information content (AvgIpc) is 2.72. The van der Waals surface area contributed by atoms with Gasteiger partial charge < -0.3 is 21.5 Å². The molecule has 180 valence electrons. The first-order chi connectivity index (χ1) is 15.0. The molecule has 0 aromatic heterocycles. The van der Waals surface area contributed by atoms with Crippen LogP contribution >= 0.6 is 0 Å². The molecule has 0 spiro atoms. The number of unbranched alkanes of at least 4 members (excludes halogenated alkanes) is 11. The Morgan fingerprint density at radius 3 is 2.00 bits per heavy atom. The minimum atomic E-state index is -1.03. The second-order valence-corrected chi connectivity index (χ2v) is 8.28. The van der Waals surface area contributed by atoms with Crippen LogP contribution in [0.25, 0.3) is 0 Å². The Bertz CT molecular complexity index is 509. The minimum Gasteiger partial charge on any atom is -0.480 e. The largest absolute Gasteiger partial charge is 0.480 e. The standard InChI is InChI=1S/C24H46N4O3/c1-2-3-4-5-6-7-8-9-10-11-12-13-14-15-16-19-22(29)28-21(23(30)31)18-17-20-27-24(25)26/h9-10,21H,2-8,11-20H2,1H3,(H,28,29)(H,30,31)(H4,25,26,27)/b10-9-/t21-/m1/s1. The Kier molecular flexibility index (Phi) is 19.8. The molecule has 1 atom stereocenters. The highest BCUT2D eigenvalue weighted by Crippen LogP contribution is 2.10. The molecule has 0 saturated heterocycles. The average molecular weight is 439 g/mol. The molecule has 0 aliphatic rings. The zero-order valence-corrected chi connectivity index (χ0v) is 19.6. The molecule has 0 radical (unpaired) electrons. The van der Waals surface area contributed by atoms with Gasteiger partial charge in [-0.2, -0.15) is 0 Å². The summed E-state index contributed by atoms with van der Waals surface area (Å²) in [6.45, 7) is 2.67. The topological polar surface area (TPSA) is 128 Å². The molecule has 1 amide bonds. The van der Waals surface area contributed by atoms with Crippen molar-refractivity contribution in [1.29, 1.82) is 5.41 Å². The molecule has 7 nitrogen and oxygen atoms in total. The highest BCUT2D eigenvalue weighted by molar-refractivity contribution is 5.83. The van der Waals surface area contributed by atoms with Crippen molar-refractivity contribution in [1.82, 2.24) is 10.6 Å². The molecule has 0 aliphatic carbocycles. The summed E-state index contributed by atoms with van der Waals surface area (Å²) in [6.07, 6.45) is 21.5. The van der Waals surface area contributed by atoms with Gasteiger partial charge in [-0.25, -0.2) is 4.79 Å². The van der Waals surface area contributed by atoms with Crippen molar-refractivity contribution in [2.24, 2.45) is 5.73 Å². The smallest absolute Gasteiger partial charge is 0.326 e. The molecule has 0 heterocycles. The van der Waals surface area contributed by atoms with Crippen molar-refractivity contribution in [2.45, 2.75) is 116 Å². The number of amides is 1. The Labute approximate surface area is 189 Å². The van der Waals surface area contributed by atoms with Crippen molar-refractivity contribution in [3.63, 3.8) is 0 Å². The van der Waals surface area contributed by atoms with E-state index in [4.69, 9.17) is 11.1 Å². The summed E-state index contributed by atoms with van der Waals surface area (Å²) in [4.78, 5) is 23.2. The molecule has 7 heteroatoms. The molecule has 0 saturated carbocycles. The monoisotopic (exact) mass is 438 g/mol. The zero-order valence-electron chi connectivity index (χ0n) is 19.6. The van der Waals surface area contributed by atoms with E-state index >= 15 is 0 Å². The van der Waals surface area contributed by atoms with E-state index in [0.717, 1.165) is 25.7 Å². The van der Waals surface area contributed by atoms with Gasteiger partial charge in [0.2, 0.25) is 5.91 Å². The summed E-state index contributed by atoms with van der Waals surface area (Å²) in [7, 11) is 0. The van der Waals surface area contributed by atoms with Crippen LogP contribution in [0, 0.1) is 5.41 Å². The van der Waals surface area contributed by atoms with Crippen molar-refractivity contribution in [2.75, 3.05) is 6.54 Å². The predicted octanol–water partition coefficient (Wildman–Crippen LogP) is 4.86. The van der Waals surface area contributed by atoms with Gasteiger partial charge in [-0.15, -0.1) is 0 Å². The Morgan fingerprint density at radius 2 is 1.45 bits per heavy atom. The second-order valence-electron chi connectivity index (χ2n) is 8.28. The van der Waals surface area contributed by atoms with Crippen LogP contribution in [0.2, 0.25) is 0 Å². The van der Waals surface area contributed by atoms with Gasteiger partial charge in [-0.05, 0) is 44.9 Å². The van der Waals surface area contributed by atoms with Gasteiger partial charge in [-0.3, -0.25) is 10.2 Å². The highest BCUT2D eigenvalue weighted by Gasteiger charge is 2.19. The zero-order chi connectivity index (χ0) is 23.2. The number of guanidine groups is 1. The van der Waals surface area contributed by atoms with Crippen LogP contribution in [0.1, 0.15) is 110 Å². The molecule has 0 bridgehead atoms. The third kappa shape index (κ3) is 21.0. The number of nitrogens with two attached hydrogens (primary N) is 1. The van der Waals surface area contributed by atoms with Crippen LogP contribution in [0.3, 0.4) is 0 Å².